The second-order valence-electron chi connectivity index (χ2n) is 12.0. The molecule has 0 aliphatic heterocycles. The number of unbranched alkanes of at least 4 members (excludes halogenated alkanes) is 2. The number of carboxylic acid groups (broad SMARTS) is 2. The zero-order valence-electron chi connectivity index (χ0n) is 26.6. The van der Waals surface area contributed by atoms with E-state index in [1.165, 1.54) is 0 Å². The third kappa shape index (κ3) is 11.3. The number of carbonyl (C=O) groups excluding carboxylic acids is 3. The summed E-state index contributed by atoms with van der Waals surface area (Å²) in [6.07, 6.45) is 5.75. The van der Waals surface area contributed by atoms with Gasteiger partial charge in [0.05, 0.1) is 19.3 Å². The van der Waals surface area contributed by atoms with Crippen molar-refractivity contribution in [3.8, 4) is 11.5 Å². The third-order valence-corrected chi connectivity index (χ3v) is 7.73. The number of carbonyl (C=O) groups is 5. The van der Waals surface area contributed by atoms with Gasteiger partial charge in [-0.3, -0.25) is 19.2 Å². The van der Waals surface area contributed by atoms with Crippen molar-refractivity contribution in [3.63, 3.8) is 0 Å². The monoisotopic (exact) mass is 613 g/mol. The van der Waals surface area contributed by atoms with Crippen molar-refractivity contribution in [2.75, 3.05) is 0 Å². The van der Waals surface area contributed by atoms with Gasteiger partial charge in [0.2, 0.25) is 5.91 Å². The number of rotatable bonds is 17. The lowest BCUT2D eigenvalue weighted by atomic mass is 9.73. The van der Waals surface area contributed by atoms with Crippen LogP contribution in [0.4, 0.5) is 0 Å². The zero-order chi connectivity index (χ0) is 33.0. The number of esters is 2. The fraction of sp³-hybridized carbons (Fsp3) is 0.559. The highest BCUT2D eigenvalue weighted by Crippen LogP contribution is 2.47. The van der Waals surface area contributed by atoms with Crippen LogP contribution in [0, 0.1) is 11.8 Å². The molecule has 0 heterocycles. The SMILES string of the molecule is C=C(C)C1CCC(C)=CC1c1c(OC(=O)CCC(=O)O)cc(CCCCC)cc1OC(=O)[C@@H](NC(=O)CCC(=O)O)C(C)C. The van der Waals surface area contributed by atoms with Crippen molar-refractivity contribution in [1.82, 2.24) is 5.32 Å². The van der Waals surface area contributed by atoms with Gasteiger partial charge in [-0.25, -0.2) is 4.79 Å². The van der Waals surface area contributed by atoms with Gasteiger partial charge in [-0.2, -0.15) is 0 Å². The van der Waals surface area contributed by atoms with Crippen molar-refractivity contribution in [2.24, 2.45) is 11.8 Å². The summed E-state index contributed by atoms with van der Waals surface area (Å²) in [6.45, 7) is 13.7. The fourth-order valence-electron chi connectivity index (χ4n) is 5.30. The molecule has 44 heavy (non-hydrogen) atoms. The van der Waals surface area contributed by atoms with E-state index in [1.54, 1.807) is 26.0 Å². The molecule has 1 aliphatic carbocycles. The van der Waals surface area contributed by atoms with E-state index in [1.807, 2.05) is 13.8 Å². The van der Waals surface area contributed by atoms with Crippen molar-refractivity contribution >= 4 is 29.8 Å². The number of aryl methyl sites for hydroxylation is 1. The van der Waals surface area contributed by atoms with E-state index >= 15 is 0 Å². The van der Waals surface area contributed by atoms with Gasteiger partial charge in [0, 0.05) is 17.9 Å². The molecule has 0 aromatic heterocycles. The molecule has 1 amide bonds. The van der Waals surface area contributed by atoms with Gasteiger partial charge in [-0.1, -0.05) is 57.4 Å². The molecule has 1 aliphatic rings. The van der Waals surface area contributed by atoms with Crippen molar-refractivity contribution < 1.29 is 43.7 Å². The average molecular weight is 614 g/mol. The number of nitrogens with one attached hydrogen (secondary N) is 1. The number of hydrogen-bond acceptors (Lipinski definition) is 7. The number of aliphatic carboxylic acids is 2. The number of carboxylic acids is 2. The molecular weight excluding hydrogens is 566 g/mol. The maximum atomic E-state index is 13.7. The molecule has 2 unspecified atom stereocenters. The molecule has 0 saturated heterocycles. The Morgan fingerprint density at radius 2 is 1.59 bits per heavy atom. The first-order valence-electron chi connectivity index (χ1n) is 15.4. The van der Waals surface area contributed by atoms with Crippen molar-refractivity contribution in [1.29, 1.82) is 0 Å². The highest BCUT2D eigenvalue weighted by Gasteiger charge is 2.34. The summed E-state index contributed by atoms with van der Waals surface area (Å²) in [4.78, 5) is 61.1. The molecule has 1 aromatic rings. The van der Waals surface area contributed by atoms with Crippen LogP contribution in [-0.2, 0) is 30.4 Å². The molecule has 3 atom stereocenters. The lowest BCUT2D eigenvalue weighted by Gasteiger charge is -2.33. The summed E-state index contributed by atoms with van der Waals surface area (Å²) in [5.74, 6) is -4.66. The van der Waals surface area contributed by atoms with Crippen LogP contribution in [0.2, 0.25) is 0 Å². The van der Waals surface area contributed by atoms with Gasteiger partial charge in [0.15, 0.2) is 0 Å². The minimum atomic E-state index is -1.12. The van der Waals surface area contributed by atoms with Crippen LogP contribution in [0.25, 0.3) is 0 Å². The smallest absolute Gasteiger partial charge is 0.334 e. The van der Waals surface area contributed by atoms with Crippen LogP contribution >= 0.6 is 0 Å². The zero-order valence-corrected chi connectivity index (χ0v) is 26.6. The molecule has 0 saturated carbocycles. The minimum Gasteiger partial charge on any atom is -0.481 e. The Kier molecular flexibility index (Phi) is 14.3. The van der Waals surface area contributed by atoms with Crippen LogP contribution in [-0.4, -0.2) is 46.0 Å². The van der Waals surface area contributed by atoms with Gasteiger partial charge in [0.25, 0.3) is 0 Å². The number of benzene rings is 1. The Labute approximate surface area is 259 Å². The fourth-order valence-corrected chi connectivity index (χ4v) is 5.30. The first-order chi connectivity index (χ1) is 20.7. The Morgan fingerprint density at radius 3 is 2.16 bits per heavy atom. The second kappa shape index (κ2) is 17.4. The Hall–Kier alpha value is -3.95. The highest BCUT2D eigenvalue weighted by molar-refractivity contribution is 5.87. The molecule has 10 nitrogen and oxygen atoms in total. The maximum absolute atomic E-state index is 13.7. The van der Waals surface area contributed by atoms with E-state index in [0.717, 1.165) is 48.8 Å². The normalized spacial score (nSPS) is 16.9. The van der Waals surface area contributed by atoms with Crippen LogP contribution in [0.3, 0.4) is 0 Å². The summed E-state index contributed by atoms with van der Waals surface area (Å²) in [5.41, 5.74) is 3.29. The van der Waals surface area contributed by atoms with Gasteiger partial charge < -0.3 is 25.0 Å². The lowest BCUT2D eigenvalue weighted by Crippen LogP contribution is -2.46. The van der Waals surface area contributed by atoms with Crippen LogP contribution in [0.5, 0.6) is 11.5 Å². The van der Waals surface area contributed by atoms with Crippen molar-refractivity contribution in [3.05, 3.63) is 47.1 Å². The van der Waals surface area contributed by atoms with E-state index in [0.29, 0.717) is 12.0 Å². The van der Waals surface area contributed by atoms with Crippen molar-refractivity contribution in [2.45, 2.75) is 111 Å². The van der Waals surface area contributed by atoms with Gasteiger partial charge in [0.1, 0.15) is 17.5 Å². The van der Waals surface area contributed by atoms with Gasteiger partial charge in [-0.15, -0.1) is 0 Å². The van der Waals surface area contributed by atoms with E-state index in [-0.39, 0.29) is 54.9 Å². The third-order valence-electron chi connectivity index (χ3n) is 7.73. The largest absolute Gasteiger partial charge is 0.481 e. The molecule has 242 valence electrons. The molecule has 10 heteroatoms. The molecule has 0 fully saturated rings. The number of ether oxygens (including phenoxy) is 2. The summed E-state index contributed by atoms with van der Waals surface area (Å²) in [5, 5.41) is 20.7. The summed E-state index contributed by atoms with van der Waals surface area (Å²) >= 11 is 0. The standard InChI is InChI=1S/C34H47NO9/c1-7-8-9-10-23-18-26(43-31(41)16-15-30(39)40)32(25-17-22(6)11-12-24(25)20(2)3)27(19-23)44-34(42)33(21(4)5)35-28(36)13-14-29(37)38/h17-19,21,24-25,33H,2,7-16H2,1,3-6H3,(H,35,36)(H,37,38)(H,39,40)/t24?,25?,33-/m0/s1. The van der Waals surface area contributed by atoms with E-state index < -0.39 is 35.8 Å². The molecular formula is C34H47NO9. The van der Waals surface area contributed by atoms with Crippen LogP contribution in [0.1, 0.15) is 109 Å². The summed E-state index contributed by atoms with van der Waals surface area (Å²) in [6, 6.07) is 2.48. The van der Waals surface area contributed by atoms with Crippen LogP contribution < -0.4 is 14.8 Å². The predicted octanol–water partition coefficient (Wildman–Crippen LogP) is 6.12. The highest BCUT2D eigenvalue weighted by atomic mass is 16.5. The number of allylic oxidation sites excluding steroid dienone is 3. The summed E-state index contributed by atoms with van der Waals surface area (Å²) in [7, 11) is 0. The first-order valence-corrected chi connectivity index (χ1v) is 15.4. The first kappa shape index (κ1) is 36.2. The maximum Gasteiger partial charge on any atom is 0.334 e. The van der Waals surface area contributed by atoms with E-state index in [2.05, 4.69) is 24.9 Å². The Morgan fingerprint density at radius 1 is 0.977 bits per heavy atom. The Bertz CT molecular complexity index is 1260. The van der Waals surface area contributed by atoms with Crippen LogP contribution in [0.15, 0.2) is 35.9 Å². The van der Waals surface area contributed by atoms with Gasteiger partial charge >= 0.3 is 23.9 Å². The van der Waals surface area contributed by atoms with E-state index in [4.69, 9.17) is 19.7 Å². The quantitative estimate of drug-likeness (QED) is 0.0815. The molecule has 0 radical (unpaired) electrons. The van der Waals surface area contributed by atoms with E-state index in [9.17, 15) is 24.0 Å². The molecule has 1 aromatic carbocycles. The Balaban J connectivity index is 2.67. The van der Waals surface area contributed by atoms with Gasteiger partial charge in [-0.05, 0) is 69.1 Å². The molecule has 2 rings (SSSR count). The lowest BCUT2D eigenvalue weighted by molar-refractivity contribution is -0.142. The average Bonchev–Trinajstić information content (AvgIpc) is 2.93. The minimum absolute atomic E-state index is 0.0461. The molecule has 3 N–H and O–H groups in total. The molecule has 0 bridgehead atoms. The second-order valence-corrected chi connectivity index (χ2v) is 12.0. The summed E-state index contributed by atoms with van der Waals surface area (Å²) < 4.78 is 11.9. The topological polar surface area (TPSA) is 156 Å². The number of amides is 1. The predicted molar refractivity (Wildman–Crippen MR) is 165 cm³/mol. The molecule has 0 spiro atoms. The number of hydrogen-bond donors (Lipinski definition) is 3.